The van der Waals surface area contributed by atoms with Crippen LogP contribution in [0.2, 0.25) is 0 Å². The Morgan fingerprint density at radius 3 is 2.35 bits per heavy atom. The molecular formula is C29H40N4O4. The van der Waals surface area contributed by atoms with Gasteiger partial charge in [-0.05, 0) is 56.6 Å². The Bertz CT molecular complexity index is 1190. The minimum Gasteiger partial charge on any atom is -0.481 e. The standard InChI is InChI=1S/C29H40N4O4/c1-2-7-19-8-5-9-20(16-19)32-21-10-6-11-22(32)18-23(17-21)33-26-13-4-3-12-24(26)30-28(29(33)36)25(31-37)14-15-27(34)35/h3-4,12-13,19-23,37H,2,5-11,14-18H2,1H3,(H,34,35)/b31-25+/t19?,20-,21-,22+,23?/m1/s1. The van der Waals surface area contributed by atoms with Gasteiger partial charge in [-0.15, -0.1) is 0 Å². The normalized spacial score (nSPS) is 28.9. The second-order valence-corrected chi connectivity index (χ2v) is 11.4. The molecule has 5 rings (SSSR count). The Balaban J connectivity index is 1.48. The van der Waals surface area contributed by atoms with Crippen molar-refractivity contribution in [3.63, 3.8) is 0 Å². The number of aliphatic carboxylic acids is 1. The Hall–Kier alpha value is -2.74. The van der Waals surface area contributed by atoms with Gasteiger partial charge in [0.15, 0.2) is 5.69 Å². The number of oxime groups is 1. The molecule has 1 aromatic carbocycles. The predicted octanol–water partition coefficient (Wildman–Crippen LogP) is 5.36. The second kappa shape index (κ2) is 11.3. The van der Waals surface area contributed by atoms with Crippen LogP contribution >= 0.6 is 0 Å². The summed E-state index contributed by atoms with van der Waals surface area (Å²) < 4.78 is 1.88. The molecule has 37 heavy (non-hydrogen) atoms. The lowest BCUT2D eigenvalue weighted by Crippen LogP contribution is -2.58. The fraction of sp³-hybridized carbons (Fsp3) is 0.655. The molecule has 0 radical (unpaired) electrons. The Morgan fingerprint density at radius 2 is 1.68 bits per heavy atom. The quantitative estimate of drug-likeness (QED) is 0.282. The summed E-state index contributed by atoms with van der Waals surface area (Å²) in [5, 5.41) is 22.1. The molecule has 2 aromatic rings. The molecule has 3 heterocycles. The van der Waals surface area contributed by atoms with Crippen LogP contribution in [0.4, 0.5) is 0 Å². The van der Waals surface area contributed by atoms with Crippen molar-refractivity contribution in [2.45, 2.75) is 115 Å². The molecule has 5 atom stereocenters. The van der Waals surface area contributed by atoms with Gasteiger partial charge >= 0.3 is 5.97 Å². The first kappa shape index (κ1) is 25.9. The number of piperidine rings is 2. The van der Waals surface area contributed by atoms with Gasteiger partial charge in [-0.3, -0.25) is 14.5 Å². The van der Waals surface area contributed by atoms with Gasteiger partial charge in [0.1, 0.15) is 5.71 Å². The lowest BCUT2D eigenvalue weighted by Gasteiger charge is -2.54. The number of aromatic nitrogens is 2. The van der Waals surface area contributed by atoms with E-state index in [0.29, 0.717) is 23.6 Å². The largest absolute Gasteiger partial charge is 0.481 e. The molecule has 2 bridgehead atoms. The van der Waals surface area contributed by atoms with E-state index in [1.807, 2.05) is 28.8 Å². The van der Waals surface area contributed by atoms with E-state index in [9.17, 15) is 14.8 Å². The van der Waals surface area contributed by atoms with Crippen LogP contribution < -0.4 is 5.56 Å². The highest BCUT2D eigenvalue weighted by Gasteiger charge is 2.43. The molecule has 8 heteroatoms. The van der Waals surface area contributed by atoms with Gasteiger partial charge in [-0.2, -0.15) is 0 Å². The summed E-state index contributed by atoms with van der Waals surface area (Å²) in [5.41, 5.74) is 1.27. The molecule has 3 aliphatic rings. The molecule has 8 nitrogen and oxygen atoms in total. The van der Waals surface area contributed by atoms with Crippen molar-refractivity contribution in [2.24, 2.45) is 11.1 Å². The fourth-order valence-corrected chi connectivity index (χ4v) is 7.55. The number of hydrogen-bond acceptors (Lipinski definition) is 6. The third kappa shape index (κ3) is 5.31. The van der Waals surface area contributed by atoms with E-state index >= 15 is 0 Å². The zero-order valence-corrected chi connectivity index (χ0v) is 21.9. The van der Waals surface area contributed by atoms with Crippen LogP contribution in [-0.4, -0.2) is 54.6 Å². The average Bonchev–Trinajstić information content (AvgIpc) is 2.89. The molecule has 1 aromatic heterocycles. The van der Waals surface area contributed by atoms with E-state index in [1.165, 1.54) is 57.8 Å². The lowest BCUT2D eigenvalue weighted by atomic mass is 9.76. The van der Waals surface area contributed by atoms with Gasteiger partial charge < -0.3 is 14.9 Å². The van der Waals surface area contributed by atoms with E-state index in [4.69, 9.17) is 5.11 Å². The van der Waals surface area contributed by atoms with E-state index < -0.39 is 5.97 Å². The van der Waals surface area contributed by atoms with Crippen molar-refractivity contribution in [3.8, 4) is 0 Å². The molecule has 2 N–H and O–H groups in total. The molecule has 2 unspecified atom stereocenters. The van der Waals surface area contributed by atoms with Crippen molar-refractivity contribution in [1.29, 1.82) is 0 Å². The number of carboxylic acids is 1. The molecular weight excluding hydrogens is 468 g/mol. The topological polar surface area (TPSA) is 108 Å². The predicted molar refractivity (Wildman–Crippen MR) is 143 cm³/mol. The number of carbonyl (C=O) groups is 1. The van der Waals surface area contributed by atoms with Crippen LogP contribution in [0.5, 0.6) is 0 Å². The summed E-state index contributed by atoms with van der Waals surface area (Å²) in [7, 11) is 0. The highest BCUT2D eigenvalue weighted by molar-refractivity contribution is 6.00. The molecule has 2 saturated heterocycles. The van der Waals surface area contributed by atoms with Crippen LogP contribution in [0.1, 0.15) is 102 Å². The zero-order valence-electron chi connectivity index (χ0n) is 21.9. The van der Waals surface area contributed by atoms with Crippen LogP contribution in [0, 0.1) is 5.92 Å². The summed E-state index contributed by atoms with van der Waals surface area (Å²) in [6.45, 7) is 2.30. The SMILES string of the molecule is CCCC1CCC[C@@H](N2[C@@H]3CCC[C@H]2CC(n2c(=O)c(/C(CCC(=O)O)=N/O)nc4ccccc42)C3)C1. The second-order valence-electron chi connectivity index (χ2n) is 11.4. The highest BCUT2D eigenvalue weighted by Crippen LogP contribution is 2.44. The van der Waals surface area contributed by atoms with Gasteiger partial charge in [0, 0.05) is 30.6 Å². The first-order chi connectivity index (χ1) is 18.0. The van der Waals surface area contributed by atoms with Crippen molar-refractivity contribution in [3.05, 3.63) is 40.3 Å². The summed E-state index contributed by atoms with van der Waals surface area (Å²) >= 11 is 0. The van der Waals surface area contributed by atoms with Crippen molar-refractivity contribution < 1.29 is 15.1 Å². The van der Waals surface area contributed by atoms with E-state index in [0.717, 1.165) is 24.3 Å². The number of rotatable bonds is 8. The maximum Gasteiger partial charge on any atom is 0.303 e. The highest BCUT2D eigenvalue weighted by atomic mass is 16.4. The molecule has 0 amide bonds. The van der Waals surface area contributed by atoms with Crippen LogP contribution in [0.15, 0.2) is 34.2 Å². The van der Waals surface area contributed by atoms with E-state index in [1.54, 1.807) is 0 Å². The molecule has 0 spiro atoms. The summed E-state index contributed by atoms with van der Waals surface area (Å²) in [6, 6.07) is 9.27. The number of para-hydroxylation sites is 2. The first-order valence-electron chi connectivity index (χ1n) is 14.2. The summed E-state index contributed by atoms with van der Waals surface area (Å²) in [6.07, 6.45) is 13.1. The Labute approximate surface area is 218 Å². The van der Waals surface area contributed by atoms with Gasteiger partial charge in [-0.25, -0.2) is 4.98 Å². The maximum atomic E-state index is 13.9. The average molecular weight is 509 g/mol. The Morgan fingerprint density at radius 1 is 1.00 bits per heavy atom. The zero-order chi connectivity index (χ0) is 25.9. The van der Waals surface area contributed by atoms with E-state index in [2.05, 4.69) is 22.0 Å². The molecule has 200 valence electrons. The van der Waals surface area contributed by atoms with Crippen LogP contribution in [-0.2, 0) is 4.79 Å². The van der Waals surface area contributed by atoms with Gasteiger partial charge in [0.05, 0.1) is 17.5 Å². The molecule has 1 saturated carbocycles. The maximum absolute atomic E-state index is 13.9. The number of fused-ring (bicyclic) bond motifs is 3. The number of carboxylic acid groups (broad SMARTS) is 1. The fourth-order valence-electron chi connectivity index (χ4n) is 7.55. The van der Waals surface area contributed by atoms with Gasteiger partial charge in [0.25, 0.3) is 5.56 Å². The van der Waals surface area contributed by atoms with Crippen LogP contribution in [0.25, 0.3) is 11.0 Å². The van der Waals surface area contributed by atoms with Crippen LogP contribution in [0.3, 0.4) is 0 Å². The first-order valence-corrected chi connectivity index (χ1v) is 14.2. The third-order valence-electron chi connectivity index (χ3n) is 9.01. The molecule has 3 fully saturated rings. The Kier molecular flexibility index (Phi) is 7.93. The van der Waals surface area contributed by atoms with E-state index in [-0.39, 0.29) is 35.8 Å². The van der Waals surface area contributed by atoms with Crippen molar-refractivity contribution >= 4 is 22.7 Å². The van der Waals surface area contributed by atoms with Crippen molar-refractivity contribution in [2.75, 3.05) is 0 Å². The summed E-state index contributed by atoms with van der Waals surface area (Å²) in [4.78, 5) is 32.4. The minimum absolute atomic E-state index is 0.0358. The number of hydrogen-bond donors (Lipinski definition) is 2. The summed E-state index contributed by atoms with van der Waals surface area (Å²) in [5.74, 6) is -0.162. The molecule has 1 aliphatic carbocycles. The number of benzene rings is 1. The smallest absolute Gasteiger partial charge is 0.303 e. The monoisotopic (exact) mass is 508 g/mol. The number of nitrogens with zero attached hydrogens (tertiary/aromatic N) is 4. The molecule has 2 aliphatic heterocycles. The third-order valence-corrected chi connectivity index (χ3v) is 9.01. The van der Waals surface area contributed by atoms with Gasteiger partial charge in [-0.1, -0.05) is 56.3 Å². The lowest BCUT2D eigenvalue weighted by molar-refractivity contribution is -0.136. The van der Waals surface area contributed by atoms with Crippen molar-refractivity contribution in [1.82, 2.24) is 14.5 Å². The van der Waals surface area contributed by atoms with Gasteiger partial charge in [0.2, 0.25) is 0 Å². The minimum atomic E-state index is -1.01.